The number of ether oxygens (including phenoxy) is 1. The average molecular weight is 405 g/mol. The minimum Gasteiger partial charge on any atom is -0.492 e. The van der Waals surface area contributed by atoms with Crippen molar-refractivity contribution >= 4 is 5.91 Å². The highest BCUT2D eigenvalue weighted by atomic mass is 16.5. The Labute approximate surface area is 177 Å². The Morgan fingerprint density at radius 2 is 1.90 bits per heavy atom. The maximum Gasteiger partial charge on any atom is 0.242 e. The van der Waals surface area contributed by atoms with Crippen molar-refractivity contribution in [3.8, 4) is 11.4 Å². The van der Waals surface area contributed by atoms with Crippen LogP contribution in [0.15, 0.2) is 54.6 Å². The molecule has 4 rings (SSSR count). The van der Waals surface area contributed by atoms with Gasteiger partial charge in [-0.25, -0.2) is 4.68 Å². The highest BCUT2D eigenvalue weighted by Gasteiger charge is 2.35. The first kappa shape index (κ1) is 20.2. The van der Waals surface area contributed by atoms with Crippen LogP contribution in [0, 0.1) is 20.8 Å². The smallest absolute Gasteiger partial charge is 0.242 e. The summed E-state index contributed by atoms with van der Waals surface area (Å²) in [5.74, 6) is 0.882. The Morgan fingerprint density at radius 3 is 2.67 bits per heavy atom. The maximum atomic E-state index is 12.9. The summed E-state index contributed by atoms with van der Waals surface area (Å²) in [5, 5.41) is 7.76. The quantitative estimate of drug-likeness (QED) is 0.685. The van der Waals surface area contributed by atoms with Crippen LogP contribution in [0.3, 0.4) is 0 Å². The molecule has 1 atom stereocenters. The summed E-state index contributed by atoms with van der Waals surface area (Å²) in [6.45, 7) is 8.68. The molecule has 0 spiro atoms. The van der Waals surface area contributed by atoms with Gasteiger partial charge in [-0.1, -0.05) is 30.3 Å². The van der Waals surface area contributed by atoms with E-state index in [9.17, 15) is 4.79 Å². The minimum absolute atomic E-state index is 0.0237. The molecule has 3 aromatic rings. The van der Waals surface area contributed by atoms with Crippen LogP contribution in [0.4, 0.5) is 0 Å². The second-order valence-corrected chi connectivity index (χ2v) is 7.73. The Kier molecular flexibility index (Phi) is 5.86. The highest BCUT2D eigenvalue weighted by Crippen LogP contribution is 2.30. The molecule has 0 saturated carbocycles. The number of carbonyl (C=O) groups excluding carboxylic acids is 1. The van der Waals surface area contributed by atoms with Gasteiger partial charge in [0, 0.05) is 30.9 Å². The standard InChI is InChI=1S/C24H28N4O2/c1-17-8-7-11-21(16-17)30-15-14-27-13-12-25-24(29)23(27)22-18(2)26-28(19(22)3)20-9-5-4-6-10-20/h4-11,16,23H,12-15H2,1-3H3,(H,25,29). The van der Waals surface area contributed by atoms with Gasteiger partial charge < -0.3 is 10.1 Å². The van der Waals surface area contributed by atoms with Crippen LogP contribution in [-0.2, 0) is 4.79 Å². The molecule has 30 heavy (non-hydrogen) atoms. The number of aromatic nitrogens is 2. The molecule has 1 amide bonds. The number of hydrogen-bond acceptors (Lipinski definition) is 4. The van der Waals surface area contributed by atoms with E-state index in [0.29, 0.717) is 19.7 Å². The van der Waals surface area contributed by atoms with E-state index in [1.807, 2.05) is 80.1 Å². The predicted octanol–water partition coefficient (Wildman–Crippen LogP) is 3.35. The zero-order valence-electron chi connectivity index (χ0n) is 17.8. The molecular weight excluding hydrogens is 376 g/mol. The molecule has 0 aliphatic carbocycles. The minimum atomic E-state index is -0.364. The lowest BCUT2D eigenvalue weighted by atomic mass is 10.0. The van der Waals surface area contributed by atoms with Gasteiger partial charge >= 0.3 is 0 Å². The lowest BCUT2D eigenvalue weighted by Gasteiger charge is -2.35. The third-order valence-electron chi connectivity index (χ3n) is 5.57. The molecule has 6 heteroatoms. The molecular formula is C24H28N4O2. The van der Waals surface area contributed by atoms with E-state index >= 15 is 0 Å². The van der Waals surface area contributed by atoms with Crippen molar-refractivity contribution < 1.29 is 9.53 Å². The fourth-order valence-corrected chi connectivity index (χ4v) is 4.13. The lowest BCUT2D eigenvalue weighted by Crippen LogP contribution is -2.51. The predicted molar refractivity (Wildman–Crippen MR) is 117 cm³/mol. The molecule has 1 aromatic heterocycles. The molecule has 0 radical (unpaired) electrons. The van der Waals surface area contributed by atoms with Crippen LogP contribution in [-0.4, -0.2) is 46.8 Å². The summed E-state index contributed by atoms with van der Waals surface area (Å²) < 4.78 is 7.87. The van der Waals surface area contributed by atoms with Gasteiger partial charge in [0.05, 0.1) is 11.4 Å². The monoisotopic (exact) mass is 404 g/mol. The van der Waals surface area contributed by atoms with Crippen LogP contribution >= 0.6 is 0 Å². The van der Waals surface area contributed by atoms with Gasteiger partial charge in [0.1, 0.15) is 18.4 Å². The fraction of sp³-hybridized carbons (Fsp3) is 0.333. The highest BCUT2D eigenvalue weighted by molar-refractivity contribution is 5.84. The maximum absolute atomic E-state index is 12.9. The van der Waals surface area contributed by atoms with Crippen molar-refractivity contribution in [1.82, 2.24) is 20.0 Å². The van der Waals surface area contributed by atoms with Crippen LogP contribution in [0.5, 0.6) is 5.75 Å². The topological polar surface area (TPSA) is 59.4 Å². The van der Waals surface area contributed by atoms with Crippen molar-refractivity contribution in [2.45, 2.75) is 26.8 Å². The number of nitrogens with one attached hydrogen (secondary N) is 1. The fourth-order valence-electron chi connectivity index (χ4n) is 4.13. The molecule has 0 bridgehead atoms. The summed E-state index contributed by atoms with van der Waals surface area (Å²) in [4.78, 5) is 15.1. The SMILES string of the molecule is Cc1cccc(OCCN2CCNC(=O)C2c2c(C)nn(-c3ccccc3)c2C)c1. The Balaban J connectivity index is 1.56. The van der Waals surface area contributed by atoms with E-state index in [1.165, 1.54) is 5.56 Å². The van der Waals surface area contributed by atoms with Gasteiger partial charge in [0.25, 0.3) is 0 Å². The largest absolute Gasteiger partial charge is 0.492 e. The number of para-hydroxylation sites is 1. The van der Waals surface area contributed by atoms with Crippen LogP contribution in [0.2, 0.25) is 0 Å². The summed E-state index contributed by atoms with van der Waals surface area (Å²) in [7, 11) is 0. The Bertz CT molecular complexity index is 1030. The van der Waals surface area contributed by atoms with Gasteiger partial charge in [-0.15, -0.1) is 0 Å². The summed E-state index contributed by atoms with van der Waals surface area (Å²) in [6, 6.07) is 17.7. The Hall–Kier alpha value is -3.12. The van der Waals surface area contributed by atoms with E-state index in [1.54, 1.807) is 0 Å². The van der Waals surface area contributed by atoms with Crippen molar-refractivity contribution in [2.75, 3.05) is 26.2 Å². The molecule has 1 unspecified atom stereocenters. The van der Waals surface area contributed by atoms with E-state index < -0.39 is 0 Å². The number of carbonyl (C=O) groups is 1. The van der Waals surface area contributed by atoms with Crippen molar-refractivity contribution in [3.05, 3.63) is 77.1 Å². The number of hydrogen-bond donors (Lipinski definition) is 1. The van der Waals surface area contributed by atoms with Crippen molar-refractivity contribution in [2.24, 2.45) is 0 Å². The number of aryl methyl sites for hydroxylation is 2. The first-order valence-electron chi connectivity index (χ1n) is 10.4. The summed E-state index contributed by atoms with van der Waals surface area (Å²) in [5.41, 5.74) is 5.01. The molecule has 2 heterocycles. The molecule has 6 nitrogen and oxygen atoms in total. The zero-order valence-corrected chi connectivity index (χ0v) is 17.8. The molecule has 1 fully saturated rings. The van der Waals surface area contributed by atoms with E-state index in [-0.39, 0.29) is 11.9 Å². The molecule has 1 aliphatic rings. The van der Waals surface area contributed by atoms with Crippen LogP contribution in [0.25, 0.3) is 5.69 Å². The van der Waals surface area contributed by atoms with Crippen LogP contribution < -0.4 is 10.1 Å². The van der Waals surface area contributed by atoms with Gasteiger partial charge in [-0.2, -0.15) is 5.10 Å². The second kappa shape index (κ2) is 8.71. The van der Waals surface area contributed by atoms with E-state index in [4.69, 9.17) is 9.84 Å². The third kappa shape index (κ3) is 4.09. The number of rotatable bonds is 6. The Morgan fingerprint density at radius 1 is 1.10 bits per heavy atom. The van der Waals surface area contributed by atoms with Gasteiger partial charge in [-0.05, 0) is 50.6 Å². The first-order chi connectivity index (χ1) is 14.5. The molecule has 1 aliphatic heterocycles. The molecule has 156 valence electrons. The van der Waals surface area contributed by atoms with Crippen LogP contribution in [0.1, 0.15) is 28.6 Å². The third-order valence-corrected chi connectivity index (χ3v) is 5.57. The number of nitrogens with zero attached hydrogens (tertiary/aromatic N) is 3. The molecule has 1 saturated heterocycles. The lowest BCUT2D eigenvalue weighted by molar-refractivity contribution is -0.129. The van der Waals surface area contributed by atoms with Crippen molar-refractivity contribution in [1.29, 1.82) is 0 Å². The van der Waals surface area contributed by atoms with Crippen molar-refractivity contribution in [3.63, 3.8) is 0 Å². The normalized spacial score (nSPS) is 17.0. The van der Waals surface area contributed by atoms with Gasteiger partial charge in [0.15, 0.2) is 0 Å². The molecule has 2 aromatic carbocycles. The second-order valence-electron chi connectivity index (χ2n) is 7.73. The average Bonchev–Trinajstić information content (AvgIpc) is 3.03. The summed E-state index contributed by atoms with van der Waals surface area (Å²) in [6.07, 6.45) is 0. The van der Waals surface area contributed by atoms with E-state index in [0.717, 1.165) is 34.9 Å². The zero-order chi connectivity index (χ0) is 21.1. The number of amides is 1. The van der Waals surface area contributed by atoms with Gasteiger partial charge in [0.2, 0.25) is 5.91 Å². The summed E-state index contributed by atoms with van der Waals surface area (Å²) >= 11 is 0. The molecule has 1 N–H and O–H groups in total. The number of piperazine rings is 1. The van der Waals surface area contributed by atoms with Gasteiger partial charge in [-0.3, -0.25) is 9.69 Å². The number of benzene rings is 2. The van der Waals surface area contributed by atoms with E-state index in [2.05, 4.69) is 10.2 Å². The first-order valence-corrected chi connectivity index (χ1v) is 10.4.